The number of carbonyl (C=O) groups excluding carboxylic acids is 1. The van der Waals surface area contributed by atoms with Crippen molar-refractivity contribution in [3.63, 3.8) is 0 Å². The summed E-state index contributed by atoms with van der Waals surface area (Å²) in [5.41, 5.74) is 0. The summed E-state index contributed by atoms with van der Waals surface area (Å²) in [5.74, 6) is 0.198. The third kappa shape index (κ3) is 2.99. The minimum absolute atomic E-state index is 0.106. The molecule has 2 aliphatic heterocycles. The molecule has 3 atom stereocenters. The predicted octanol–water partition coefficient (Wildman–Crippen LogP) is 0.727. The largest absolute Gasteiger partial charge is 0.358 e. The van der Waals surface area contributed by atoms with Gasteiger partial charge in [0.1, 0.15) is 0 Å². The summed E-state index contributed by atoms with van der Waals surface area (Å²) in [4.78, 5) is 14.3. The molecule has 0 aromatic rings. The highest BCUT2D eigenvalue weighted by molar-refractivity contribution is 5.81. The fraction of sp³-hybridized carbons (Fsp3) is 0.923. The Hall–Kier alpha value is -0.610. The number of nitrogens with zero attached hydrogens (tertiary/aromatic N) is 1. The Kier molecular flexibility index (Phi) is 4.40. The Morgan fingerprint density at radius 3 is 2.76 bits per heavy atom. The quantitative estimate of drug-likeness (QED) is 0.746. The number of likely N-dealkylation sites (tertiary alicyclic amines) is 1. The van der Waals surface area contributed by atoms with Gasteiger partial charge in [-0.1, -0.05) is 6.42 Å². The van der Waals surface area contributed by atoms with E-state index in [0.29, 0.717) is 12.1 Å². The van der Waals surface area contributed by atoms with Crippen LogP contribution in [-0.2, 0) is 4.79 Å². The maximum Gasteiger partial charge on any atom is 0.237 e. The second kappa shape index (κ2) is 5.83. The van der Waals surface area contributed by atoms with Gasteiger partial charge in [-0.05, 0) is 39.2 Å². The van der Waals surface area contributed by atoms with Crippen molar-refractivity contribution in [2.45, 2.75) is 57.2 Å². The monoisotopic (exact) mass is 239 g/mol. The normalized spacial score (nSPS) is 35.5. The molecule has 0 spiro atoms. The molecule has 2 N–H and O–H groups in total. The lowest BCUT2D eigenvalue weighted by molar-refractivity contribution is -0.128. The molecule has 0 saturated carbocycles. The van der Waals surface area contributed by atoms with Crippen molar-refractivity contribution in [1.29, 1.82) is 0 Å². The molecule has 4 nitrogen and oxygen atoms in total. The van der Waals surface area contributed by atoms with Gasteiger partial charge >= 0.3 is 0 Å². The molecule has 2 heterocycles. The standard InChI is InChI=1S/C13H25N3O/c1-10-6-7-11(9-15-10)16-8-4-3-5-12(16)13(17)14-2/h10-12,15H,3-9H2,1-2H3,(H,14,17). The number of hydrogen-bond acceptors (Lipinski definition) is 3. The van der Waals surface area contributed by atoms with Crippen LogP contribution < -0.4 is 10.6 Å². The highest BCUT2D eigenvalue weighted by Gasteiger charge is 2.34. The van der Waals surface area contributed by atoms with Gasteiger partial charge < -0.3 is 10.6 Å². The maximum atomic E-state index is 11.9. The first-order valence-electron chi connectivity index (χ1n) is 6.93. The summed E-state index contributed by atoms with van der Waals surface area (Å²) in [7, 11) is 1.75. The second-order valence-electron chi connectivity index (χ2n) is 5.40. The van der Waals surface area contributed by atoms with Gasteiger partial charge in [0.05, 0.1) is 6.04 Å². The third-order valence-electron chi connectivity index (χ3n) is 4.20. The van der Waals surface area contributed by atoms with E-state index in [2.05, 4.69) is 22.5 Å². The van der Waals surface area contributed by atoms with Crippen LogP contribution in [0.25, 0.3) is 0 Å². The molecule has 0 bridgehead atoms. The molecule has 4 heteroatoms. The number of likely N-dealkylation sites (N-methyl/N-ethyl adjacent to an activating group) is 1. The van der Waals surface area contributed by atoms with Gasteiger partial charge in [-0.15, -0.1) is 0 Å². The molecule has 98 valence electrons. The molecular formula is C13H25N3O. The van der Waals surface area contributed by atoms with Crippen LogP contribution in [0, 0.1) is 0 Å². The van der Waals surface area contributed by atoms with Gasteiger partial charge in [0.2, 0.25) is 5.91 Å². The van der Waals surface area contributed by atoms with Crippen LogP contribution in [0.4, 0.5) is 0 Å². The van der Waals surface area contributed by atoms with Gasteiger partial charge in [0.25, 0.3) is 0 Å². The predicted molar refractivity (Wildman–Crippen MR) is 68.9 cm³/mol. The fourth-order valence-electron chi connectivity index (χ4n) is 3.11. The molecule has 0 aliphatic carbocycles. The summed E-state index contributed by atoms with van der Waals surface area (Å²) in [6.45, 7) is 4.36. The van der Waals surface area contributed by atoms with E-state index in [1.165, 1.54) is 25.7 Å². The smallest absolute Gasteiger partial charge is 0.237 e. The zero-order chi connectivity index (χ0) is 12.3. The van der Waals surface area contributed by atoms with E-state index >= 15 is 0 Å². The average Bonchev–Trinajstić information content (AvgIpc) is 2.39. The number of carbonyl (C=O) groups is 1. The Morgan fingerprint density at radius 2 is 2.12 bits per heavy atom. The number of hydrogen-bond donors (Lipinski definition) is 2. The van der Waals surface area contributed by atoms with Gasteiger partial charge in [0, 0.05) is 25.7 Å². The fourth-order valence-corrected chi connectivity index (χ4v) is 3.11. The Labute approximate surface area is 104 Å². The zero-order valence-electron chi connectivity index (χ0n) is 11.0. The van der Waals surface area contributed by atoms with E-state index in [1.807, 2.05) is 0 Å². The SMILES string of the molecule is CNC(=O)C1CCCCN1C1CCC(C)NC1. The Morgan fingerprint density at radius 1 is 1.29 bits per heavy atom. The Balaban J connectivity index is 1.98. The highest BCUT2D eigenvalue weighted by Crippen LogP contribution is 2.23. The zero-order valence-corrected chi connectivity index (χ0v) is 11.0. The van der Waals surface area contributed by atoms with E-state index < -0.39 is 0 Å². The van der Waals surface area contributed by atoms with Crippen LogP contribution in [0.15, 0.2) is 0 Å². The van der Waals surface area contributed by atoms with Crippen LogP contribution in [0.5, 0.6) is 0 Å². The Bertz CT molecular complexity index is 261. The highest BCUT2D eigenvalue weighted by atomic mass is 16.2. The maximum absolute atomic E-state index is 11.9. The molecule has 1 amide bonds. The van der Waals surface area contributed by atoms with Gasteiger partial charge in [-0.2, -0.15) is 0 Å². The molecule has 2 fully saturated rings. The third-order valence-corrected chi connectivity index (χ3v) is 4.20. The van der Waals surface area contributed by atoms with Gasteiger partial charge in [0.15, 0.2) is 0 Å². The van der Waals surface area contributed by atoms with E-state index in [9.17, 15) is 4.79 Å². The molecule has 17 heavy (non-hydrogen) atoms. The molecule has 3 unspecified atom stereocenters. The van der Waals surface area contributed by atoms with Crippen molar-refractivity contribution in [1.82, 2.24) is 15.5 Å². The number of piperidine rings is 2. The van der Waals surface area contributed by atoms with Crippen molar-refractivity contribution in [3.05, 3.63) is 0 Å². The molecule has 2 rings (SSSR count). The molecule has 2 saturated heterocycles. The average molecular weight is 239 g/mol. The van der Waals surface area contributed by atoms with Crippen LogP contribution in [0.1, 0.15) is 39.0 Å². The lowest BCUT2D eigenvalue weighted by atomic mass is 9.94. The van der Waals surface area contributed by atoms with Crippen molar-refractivity contribution in [2.75, 3.05) is 20.1 Å². The first-order chi connectivity index (χ1) is 8.22. The van der Waals surface area contributed by atoms with Crippen LogP contribution in [-0.4, -0.2) is 49.1 Å². The van der Waals surface area contributed by atoms with E-state index in [1.54, 1.807) is 7.05 Å². The second-order valence-corrected chi connectivity index (χ2v) is 5.40. The van der Waals surface area contributed by atoms with Crippen molar-refractivity contribution < 1.29 is 4.79 Å². The molecular weight excluding hydrogens is 214 g/mol. The number of amides is 1. The lowest BCUT2D eigenvalue weighted by Crippen LogP contribution is -2.57. The number of nitrogens with one attached hydrogen (secondary N) is 2. The van der Waals surface area contributed by atoms with Gasteiger partial charge in [-0.3, -0.25) is 9.69 Å². The van der Waals surface area contributed by atoms with Crippen LogP contribution in [0.3, 0.4) is 0 Å². The van der Waals surface area contributed by atoms with Crippen molar-refractivity contribution in [2.24, 2.45) is 0 Å². The summed E-state index contributed by atoms with van der Waals surface area (Å²) < 4.78 is 0. The summed E-state index contributed by atoms with van der Waals surface area (Å²) >= 11 is 0. The van der Waals surface area contributed by atoms with Crippen molar-refractivity contribution in [3.8, 4) is 0 Å². The van der Waals surface area contributed by atoms with Crippen LogP contribution in [0.2, 0.25) is 0 Å². The lowest BCUT2D eigenvalue weighted by Gasteiger charge is -2.43. The van der Waals surface area contributed by atoms with E-state index in [4.69, 9.17) is 0 Å². The topological polar surface area (TPSA) is 44.4 Å². The molecule has 0 aromatic carbocycles. The first kappa shape index (κ1) is 12.8. The van der Waals surface area contributed by atoms with E-state index in [0.717, 1.165) is 19.5 Å². The number of rotatable bonds is 2. The van der Waals surface area contributed by atoms with Gasteiger partial charge in [-0.25, -0.2) is 0 Å². The molecule has 0 radical (unpaired) electrons. The van der Waals surface area contributed by atoms with E-state index in [-0.39, 0.29) is 11.9 Å². The minimum atomic E-state index is 0.106. The first-order valence-corrected chi connectivity index (χ1v) is 6.93. The summed E-state index contributed by atoms with van der Waals surface area (Å²) in [5, 5.41) is 6.34. The molecule has 0 aromatic heterocycles. The van der Waals surface area contributed by atoms with Crippen molar-refractivity contribution >= 4 is 5.91 Å². The van der Waals surface area contributed by atoms with Crippen LogP contribution >= 0.6 is 0 Å². The summed E-state index contributed by atoms with van der Waals surface area (Å²) in [6, 6.07) is 1.29. The minimum Gasteiger partial charge on any atom is -0.358 e. The summed E-state index contributed by atoms with van der Waals surface area (Å²) in [6.07, 6.45) is 5.89. The molecule has 2 aliphatic rings.